The molecule has 0 spiro atoms. The van der Waals surface area contributed by atoms with Crippen molar-refractivity contribution in [1.82, 2.24) is 9.97 Å². The molecule has 1 heterocycles. The van der Waals surface area contributed by atoms with Crippen LogP contribution in [0.4, 0.5) is 0 Å². The van der Waals surface area contributed by atoms with E-state index in [1.807, 2.05) is 48.7 Å². The van der Waals surface area contributed by atoms with Gasteiger partial charge in [0.05, 0.1) is 18.1 Å². The lowest BCUT2D eigenvalue weighted by Crippen LogP contribution is -2.14. The fourth-order valence-corrected chi connectivity index (χ4v) is 3.07. The molecular weight excluding hydrogens is 334 g/mol. The average Bonchev–Trinajstić information content (AvgIpc) is 3.13. The van der Waals surface area contributed by atoms with Crippen molar-refractivity contribution in [2.24, 2.45) is 4.99 Å². The molecule has 0 bridgehead atoms. The Bertz CT molecular complexity index is 907. The largest absolute Gasteiger partial charge is 0.507 e. The molecule has 3 rings (SSSR count). The molecule has 4 nitrogen and oxygen atoms in total. The van der Waals surface area contributed by atoms with E-state index in [0.29, 0.717) is 0 Å². The minimum absolute atomic E-state index is 0.0199. The minimum atomic E-state index is -0.0199. The Balaban J connectivity index is 2.02. The van der Waals surface area contributed by atoms with E-state index in [1.165, 1.54) is 0 Å². The highest BCUT2D eigenvalue weighted by Gasteiger charge is 2.18. The van der Waals surface area contributed by atoms with E-state index in [1.54, 1.807) is 6.33 Å². The Morgan fingerprint density at radius 2 is 1.89 bits per heavy atom. The quantitative estimate of drug-likeness (QED) is 0.636. The zero-order valence-electron chi connectivity index (χ0n) is 16.4. The maximum atomic E-state index is 10.8. The van der Waals surface area contributed by atoms with Crippen molar-refractivity contribution in [2.45, 2.75) is 45.6 Å². The lowest BCUT2D eigenvalue weighted by Gasteiger charge is -2.20. The van der Waals surface area contributed by atoms with E-state index in [4.69, 9.17) is 4.99 Å². The Hall–Kier alpha value is -2.88. The summed E-state index contributed by atoms with van der Waals surface area (Å²) in [5, 5.41) is 10.8. The predicted octanol–water partition coefficient (Wildman–Crippen LogP) is 4.88. The van der Waals surface area contributed by atoms with Crippen LogP contribution in [-0.2, 0) is 11.8 Å². The molecule has 0 unspecified atom stereocenters. The molecule has 0 amide bonds. The molecule has 4 heteroatoms. The second kappa shape index (κ2) is 7.78. The topological polar surface area (TPSA) is 61.3 Å². The zero-order valence-corrected chi connectivity index (χ0v) is 16.4. The maximum absolute atomic E-state index is 10.8. The number of phenolic OH excluding ortho intramolecular Hbond substituents is 1. The van der Waals surface area contributed by atoms with Crippen LogP contribution in [-0.4, -0.2) is 26.8 Å². The first-order valence-electron chi connectivity index (χ1n) is 9.29. The third-order valence-electron chi connectivity index (χ3n) is 4.59. The molecule has 2 aromatic carbocycles. The Morgan fingerprint density at radius 3 is 2.48 bits per heavy atom. The summed E-state index contributed by atoms with van der Waals surface area (Å²) < 4.78 is 0. The number of phenols is 1. The van der Waals surface area contributed by atoms with Crippen molar-refractivity contribution in [3.63, 3.8) is 0 Å². The second-order valence-corrected chi connectivity index (χ2v) is 7.96. The summed E-state index contributed by atoms with van der Waals surface area (Å²) >= 11 is 0. The minimum Gasteiger partial charge on any atom is -0.507 e. The Kier molecular flexibility index (Phi) is 5.45. The molecule has 1 atom stereocenters. The molecule has 0 aliphatic heterocycles. The summed E-state index contributed by atoms with van der Waals surface area (Å²) in [4.78, 5) is 12.2. The highest BCUT2D eigenvalue weighted by atomic mass is 16.3. The van der Waals surface area contributed by atoms with Gasteiger partial charge in [0.1, 0.15) is 5.75 Å². The Morgan fingerprint density at radius 1 is 1.15 bits per heavy atom. The first-order valence-corrected chi connectivity index (χ1v) is 9.29. The summed E-state index contributed by atoms with van der Waals surface area (Å²) in [5.41, 5.74) is 4.68. The summed E-state index contributed by atoms with van der Waals surface area (Å²) in [7, 11) is 0. The smallest absolute Gasteiger partial charge is 0.125 e. The van der Waals surface area contributed by atoms with Crippen molar-refractivity contribution in [3.8, 4) is 5.75 Å². The predicted molar refractivity (Wildman–Crippen MR) is 111 cm³/mol. The molecule has 0 aliphatic carbocycles. The highest BCUT2D eigenvalue weighted by Crippen LogP contribution is 2.29. The van der Waals surface area contributed by atoms with Gasteiger partial charge in [0.15, 0.2) is 0 Å². The number of nitrogens with zero attached hydrogens (tertiary/aromatic N) is 2. The van der Waals surface area contributed by atoms with Gasteiger partial charge in [-0.05, 0) is 30.0 Å². The SMILES string of the molecule is C[C@H](Cc1cnc[nH]1)N=C(c1ccccc1)c1ccc(C(C)(C)C)cc1O. The number of aromatic hydroxyl groups is 1. The van der Waals surface area contributed by atoms with Gasteiger partial charge in [-0.25, -0.2) is 4.98 Å². The van der Waals surface area contributed by atoms with Gasteiger partial charge in [-0.2, -0.15) is 0 Å². The second-order valence-electron chi connectivity index (χ2n) is 7.96. The molecular formula is C23H27N3O. The lowest BCUT2D eigenvalue weighted by molar-refractivity contribution is 0.470. The first kappa shape index (κ1) is 18.9. The van der Waals surface area contributed by atoms with Gasteiger partial charge in [-0.3, -0.25) is 4.99 Å². The van der Waals surface area contributed by atoms with Gasteiger partial charge in [0, 0.05) is 29.4 Å². The molecule has 0 saturated heterocycles. The lowest BCUT2D eigenvalue weighted by atomic mass is 9.85. The number of hydrogen-bond acceptors (Lipinski definition) is 3. The van der Waals surface area contributed by atoms with E-state index in [2.05, 4.69) is 43.7 Å². The van der Waals surface area contributed by atoms with Crippen LogP contribution < -0.4 is 0 Å². The number of aromatic nitrogens is 2. The van der Waals surface area contributed by atoms with Crippen LogP contribution in [0.2, 0.25) is 0 Å². The maximum Gasteiger partial charge on any atom is 0.125 e. The third kappa shape index (κ3) is 4.64. The normalized spacial score (nSPS) is 13.6. The number of rotatable bonds is 5. The van der Waals surface area contributed by atoms with Crippen molar-refractivity contribution < 1.29 is 5.11 Å². The molecule has 140 valence electrons. The van der Waals surface area contributed by atoms with E-state index in [0.717, 1.165) is 34.5 Å². The number of nitrogens with one attached hydrogen (secondary N) is 1. The van der Waals surface area contributed by atoms with E-state index in [-0.39, 0.29) is 17.2 Å². The van der Waals surface area contributed by atoms with Gasteiger partial charge in [-0.15, -0.1) is 0 Å². The number of H-pyrrole nitrogens is 1. The summed E-state index contributed by atoms with van der Waals surface area (Å²) in [6.45, 7) is 8.49. The van der Waals surface area contributed by atoms with Crippen molar-refractivity contribution in [3.05, 3.63) is 83.4 Å². The van der Waals surface area contributed by atoms with Crippen LogP contribution in [0.25, 0.3) is 0 Å². The number of aromatic amines is 1. The van der Waals surface area contributed by atoms with Gasteiger partial charge in [0.25, 0.3) is 0 Å². The van der Waals surface area contributed by atoms with Crippen molar-refractivity contribution >= 4 is 5.71 Å². The monoisotopic (exact) mass is 361 g/mol. The van der Waals surface area contributed by atoms with Gasteiger partial charge < -0.3 is 10.1 Å². The number of aliphatic imine (C=N–C) groups is 1. The van der Waals surface area contributed by atoms with Gasteiger partial charge in [0.2, 0.25) is 0 Å². The molecule has 0 fully saturated rings. The summed E-state index contributed by atoms with van der Waals surface area (Å²) in [6.07, 6.45) is 4.27. The summed E-state index contributed by atoms with van der Waals surface area (Å²) in [6, 6.07) is 16.0. The van der Waals surface area contributed by atoms with E-state index in [9.17, 15) is 5.11 Å². The fourth-order valence-electron chi connectivity index (χ4n) is 3.07. The van der Waals surface area contributed by atoms with Crippen LogP contribution in [0, 0.1) is 0 Å². The molecule has 1 aromatic heterocycles. The molecule has 2 N–H and O–H groups in total. The summed E-state index contributed by atoms with van der Waals surface area (Å²) in [5.74, 6) is 0.263. The molecule has 0 aliphatic rings. The molecule has 27 heavy (non-hydrogen) atoms. The fraction of sp³-hybridized carbons (Fsp3) is 0.304. The van der Waals surface area contributed by atoms with E-state index >= 15 is 0 Å². The first-order chi connectivity index (χ1) is 12.8. The van der Waals surface area contributed by atoms with Crippen LogP contribution in [0.1, 0.15) is 50.1 Å². The molecule has 0 saturated carbocycles. The Labute approximate surface area is 161 Å². The number of imidazole rings is 1. The average molecular weight is 361 g/mol. The number of hydrogen-bond donors (Lipinski definition) is 2. The van der Waals surface area contributed by atoms with Gasteiger partial charge >= 0.3 is 0 Å². The van der Waals surface area contributed by atoms with Crippen LogP contribution in [0.3, 0.4) is 0 Å². The number of benzene rings is 2. The third-order valence-corrected chi connectivity index (χ3v) is 4.59. The van der Waals surface area contributed by atoms with Gasteiger partial charge in [-0.1, -0.05) is 57.2 Å². The molecule has 0 radical (unpaired) electrons. The van der Waals surface area contributed by atoms with Crippen molar-refractivity contribution in [2.75, 3.05) is 0 Å². The standard InChI is InChI=1S/C23H27N3O/c1-16(12-19-14-24-15-25-19)26-22(17-8-6-5-7-9-17)20-11-10-18(13-21(20)27)23(2,3)4/h5-11,13-16,27H,12H2,1-4H3,(H,24,25)/t16-/m1/s1. The molecule has 3 aromatic rings. The van der Waals surface area contributed by atoms with Crippen LogP contribution in [0.15, 0.2) is 66.0 Å². The van der Waals surface area contributed by atoms with Crippen LogP contribution >= 0.6 is 0 Å². The zero-order chi connectivity index (χ0) is 19.4. The highest BCUT2D eigenvalue weighted by molar-refractivity contribution is 6.14. The van der Waals surface area contributed by atoms with Crippen molar-refractivity contribution in [1.29, 1.82) is 0 Å². The van der Waals surface area contributed by atoms with Crippen LogP contribution in [0.5, 0.6) is 5.75 Å². The van der Waals surface area contributed by atoms with E-state index < -0.39 is 0 Å².